The molecule has 0 saturated heterocycles. The van der Waals surface area contributed by atoms with Crippen molar-refractivity contribution in [2.45, 2.75) is 25.1 Å². The third kappa shape index (κ3) is 5.99. The molecule has 4 N–H and O–H groups in total. The van der Waals surface area contributed by atoms with Gasteiger partial charge in [-0.05, 0) is 44.2 Å². The zero-order chi connectivity index (χ0) is 19.1. The summed E-state index contributed by atoms with van der Waals surface area (Å²) >= 11 is 1.19. The summed E-state index contributed by atoms with van der Waals surface area (Å²) in [5.74, 6) is -0.0344. The number of nitrogens with two attached hydrogens (primary N) is 1. The van der Waals surface area contributed by atoms with Crippen LogP contribution >= 0.6 is 11.8 Å². The van der Waals surface area contributed by atoms with Crippen molar-refractivity contribution in [2.24, 2.45) is 0 Å². The molecule has 2 rings (SSSR count). The molecule has 2 atom stereocenters. The van der Waals surface area contributed by atoms with E-state index in [4.69, 9.17) is 5.73 Å². The fourth-order valence-electron chi connectivity index (χ4n) is 2.00. The van der Waals surface area contributed by atoms with Gasteiger partial charge in [-0.15, -0.1) is 11.8 Å². The van der Waals surface area contributed by atoms with E-state index in [0.29, 0.717) is 17.3 Å². The topological polar surface area (TPSA) is 110 Å². The summed E-state index contributed by atoms with van der Waals surface area (Å²) in [7, 11) is 0. The van der Waals surface area contributed by atoms with Gasteiger partial charge < -0.3 is 16.4 Å². The van der Waals surface area contributed by atoms with Gasteiger partial charge in [-0.3, -0.25) is 9.59 Å². The summed E-state index contributed by atoms with van der Waals surface area (Å²) in [5, 5.41) is 4.99. The number of nitrogens with one attached hydrogen (secondary N) is 2. The molecule has 1 aromatic carbocycles. The zero-order valence-electron chi connectivity index (χ0n) is 14.4. The van der Waals surface area contributed by atoms with Gasteiger partial charge in [-0.1, -0.05) is 0 Å². The Morgan fingerprint density at radius 1 is 1.23 bits per heavy atom. The number of benzene rings is 1. The molecule has 0 radical (unpaired) electrons. The van der Waals surface area contributed by atoms with Gasteiger partial charge in [0.15, 0.2) is 5.82 Å². The first-order valence-corrected chi connectivity index (χ1v) is 8.96. The summed E-state index contributed by atoms with van der Waals surface area (Å²) in [5.41, 5.74) is 6.11. The van der Waals surface area contributed by atoms with E-state index in [2.05, 4.69) is 20.6 Å². The van der Waals surface area contributed by atoms with Gasteiger partial charge in [0.25, 0.3) is 0 Å². The van der Waals surface area contributed by atoms with Gasteiger partial charge in [-0.2, -0.15) is 0 Å². The van der Waals surface area contributed by atoms with Gasteiger partial charge >= 0.3 is 0 Å². The Hall–Kier alpha value is -2.68. The highest BCUT2D eigenvalue weighted by molar-refractivity contribution is 8.01. The van der Waals surface area contributed by atoms with Gasteiger partial charge in [0.2, 0.25) is 11.8 Å². The van der Waals surface area contributed by atoms with Crippen LogP contribution in [-0.2, 0) is 9.59 Å². The van der Waals surface area contributed by atoms with Crippen molar-refractivity contribution in [3.63, 3.8) is 0 Å². The second kappa shape index (κ2) is 9.14. The minimum atomic E-state index is -0.447. The Bertz CT molecular complexity index is 772. The second-order valence-electron chi connectivity index (χ2n) is 5.58. The molecule has 1 aromatic heterocycles. The third-order valence-electron chi connectivity index (χ3n) is 3.40. The van der Waals surface area contributed by atoms with Crippen LogP contribution in [0, 0.1) is 5.82 Å². The molecule has 1 heterocycles. The first kappa shape index (κ1) is 19.6. The molecular formula is C17H20FN5O2S. The van der Waals surface area contributed by atoms with Crippen molar-refractivity contribution in [3.05, 3.63) is 48.2 Å². The zero-order valence-corrected chi connectivity index (χ0v) is 15.2. The van der Waals surface area contributed by atoms with Crippen LogP contribution in [-0.4, -0.2) is 32.8 Å². The maximum atomic E-state index is 12.8. The lowest BCUT2D eigenvalue weighted by molar-refractivity contribution is -0.121. The number of rotatable bonds is 7. The Kier molecular flexibility index (Phi) is 6.90. The lowest BCUT2D eigenvalue weighted by atomic mass is 10.3. The first-order chi connectivity index (χ1) is 12.3. The smallest absolute Gasteiger partial charge is 0.234 e. The molecule has 26 heavy (non-hydrogen) atoms. The van der Waals surface area contributed by atoms with Crippen molar-refractivity contribution >= 4 is 35.1 Å². The van der Waals surface area contributed by atoms with Crippen molar-refractivity contribution in [2.75, 3.05) is 16.8 Å². The average Bonchev–Trinajstić information content (AvgIpc) is 2.61. The molecule has 7 nitrogen and oxygen atoms in total. The predicted molar refractivity (Wildman–Crippen MR) is 100.0 cm³/mol. The highest BCUT2D eigenvalue weighted by Crippen LogP contribution is 2.15. The Labute approximate surface area is 155 Å². The Morgan fingerprint density at radius 2 is 1.92 bits per heavy atom. The summed E-state index contributed by atoms with van der Waals surface area (Å²) in [6.07, 6.45) is 1.53. The number of nitrogens with zero attached hydrogens (tertiary/aromatic N) is 2. The number of hydrogen-bond acceptors (Lipinski definition) is 6. The number of aromatic nitrogens is 2. The lowest BCUT2D eigenvalue weighted by Crippen LogP contribution is -2.34. The monoisotopic (exact) mass is 377 g/mol. The number of anilines is 2. The number of carbonyl (C=O) groups is 2. The molecule has 0 bridgehead atoms. The molecule has 0 fully saturated rings. The van der Waals surface area contributed by atoms with Gasteiger partial charge in [0.1, 0.15) is 11.6 Å². The van der Waals surface area contributed by atoms with E-state index in [-0.39, 0.29) is 23.4 Å². The van der Waals surface area contributed by atoms with Crippen molar-refractivity contribution in [1.82, 2.24) is 15.3 Å². The Morgan fingerprint density at radius 3 is 2.58 bits per heavy atom. The molecule has 0 aliphatic heterocycles. The quantitative estimate of drug-likeness (QED) is 0.682. The SMILES string of the molecule is CC(SCC(=O)Nc1ccc(F)cc1)C(=O)NC(C)c1nccc(N)n1. The van der Waals surface area contributed by atoms with Crippen LogP contribution in [0.15, 0.2) is 36.5 Å². The van der Waals surface area contributed by atoms with Crippen molar-refractivity contribution < 1.29 is 14.0 Å². The van der Waals surface area contributed by atoms with Crippen LogP contribution in [0.4, 0.5) is 15.9 Å². The maximum absolute atomic E-state index is 12.8. The summed E-state index contributed by atoms with van der Waals surface area (Å²) in [4.78, 5) is 32.3. The van der Waals surface area contributed by atoms with E-state index in [9.17, 15) is 14.0 Å². The van der Waals surface area contributed by atoms with E-state index in [1.807, 2.05) is 0 Å². The standard InChI is InChI=1S/C17H20FN5O2S/c1-10(16-20-8-7-14(19)23-16)21-17(25)11(2)26-9-15(24)22-13-5-3-12(18)4-6-13/h3-8,10-11H,9H2,1-2H3,(H,21,25)(H,22,24)(H2,19,20,23). The van der Waals surface area contributed by atoms with Gasteiger partial charge in [-0.25, -0.2) is 14.4 Å². The highest BCUT2D eigenvalue weighted by atomic mass is 32.2. The van der Waals surface area contributed by atoms with E-state index in [1.165, 1.54) is 42.2 Å². The number of hydrogen-bond donors (Lipinski definition) is 3. The van der Waals surface area contributed by atoms with Crippen molar-refractivity contribution in [1.29, 1.82) is 0 Å². The molecule has 9 heteroatoms. The number of carbonyl (C=O) groups excluding carboxylic acids is 2. The van der Waals surface area contributed by atoms with E-state index in [1.54, 1.807) is 19.9 Å². The van der Waals surface area contributed by atoms with Crippen LogP contribution in [0.5, 0.6) is 0 Å². The minimum absolute atomic E-state index is 0.0924. The van der Waals surface area contributed by atoms with Gasteiger partial charge in [0.05, 0.1) is 17.0 Å². The second-order valence-corrected chi connectivity index (χ2v) is 6.91. The summed E-state index contributed by atoms with van der Waals surface area (Å²) in [6.45, 7) is 3.46. The van der Waals surface area contributed by atoms with Crippen LogP contribution in [0.25, 0.3) is 0 Å². The molecule has 2 aromatic rings. The van der Waals surface area contributed by atoms with E-state index < -0.39 is 11.3 Å². The fraction of sp³-hybridized carbons (Fsp3) is 0.294. The molecule has 0 saturated carbocycles. The molecule has 138 valence electrons. The molecule has 2 amide bonds. The molecule has 2 unspecified atom stereocenters. The van der Waals surface area contributed by atoms with Crippen LogP contribution in [0.3, 0.4) is 0 Å². The van der Waals surface area contributed by atoms with Crippen LogP contribution in [0.1, 0.15) is 25.7 Å². The largest absolute Gasteiger partial charge is 0.384 e. The molecule has 0 aliphatic carbocycles. The average molecular weight is 377 g/mol. The van der Waals surface area contributed by atoms with Crippen LogP contribution in [0.2, 0.25) is 0 Å². The Balaban J connectivity index is 1.79. The number of thioether (sulfide) groups is 1. The molecule has 0 aliphatic rings. The summed E-state index contributed by atoms with van der Waals surface area (Å²) in [6, 6.07) is 6.64. The third-order valence-corrected chi connectivity index (χ3v) is 4.55. The van der Waals surface area contributed by atoms with E-state index >= 15 is 0 Å². The molecule has 0 spiro atoms. The normalized spacial score (nSPS) is 12.9. The number of halogens is 1. The minimum Gasteiger partial charge on any atom is -0.384 e. The van der Waals surface area contributed by atoms with Crippen molar-refractivity contribution in [3.8, 4) is 0 Å². The number of nitrogen functional groups attached to an aromatic ring is 1. The number of amides is 2. The van der Waals surface area contributed by atoms with E-state index in [0.717, 1.165) is 0 Å². The highest BCUT2D eigenvalue weighted by Gasteiger charge is 2.19. The first-order valence-electron chi connectivity index (χ1n) is 7.91. The summed E-state index contributed by atoms with van der Waals surface area (Å²) < 4.78 is 12.8. The fourth-order valence-corrected chi connectivity index (χ4v) is 2.69. The van der Waals surface area contributed by atoms with Crippen LogP contribution < -0.4 is 16.4 Å². The lowest BCUT2D eigenvalue weighted by Gasteiger charge is -2.16. The maximum Gasteiger partial charge on any atom is 0.234 e. The predicted octanol–water partition coefficient (Wildman–Crippen LogP) is 2.14. The van der Waals surface area contributed by atoms with Gasteiger partial charge in [0, 0.05) is 11.9 Å². The molecular weight excluding hydrogens is 357 g/mol.